The molecular formula is C14H17NO4. The molecule has 0 aromatic heterocycles. The average molecular weight is 263 g/mol. The molecule has 1 aromatic rings. The number of ether oxygens (including phenoxy) is 3. The summed E-state index contributed by atoms with van der Waals surface area (Å²) >= 11 is 0. The van der Waals surface area contributed by atoms with E-state index in [4.69, 9.17) is 14.2 Å². The second-order valence-electron chi connectivity index (χ2n) is 4.82. The Morgan fingerprint density at radius 2 is 2.26 bits per heavy atom. The molecule has 1 aromatic carbocycles. The van der Waals surface area contributed by atoms with Crippen LogP contribution in [0.3, 0.4) is 0 Å². The van der Waals surface area contributed by atoms with E-state index in [-0.39, 0.29) is 12.2 Å². The summed E-state index contributed by atoms with van der Waals surface area (Å²) in [7, 11) is 1.61. The van der Waals surface area contributed by atoms with Gasteiger partial charge in [0.1, 0.15) is 17.6 Å². The number of methoxy groups -OCH3 is 1. The van der Waals surface area contributed by atoms with Gasteiger partial charge in [-0.1, -0.05) is 5.16 Å². The van der Waals surface area contributed by atoms with E-state index < -0.39 is 0 Å². The van der Waals surface area contributed by atoms with Gasteiger partial charge in [0, 0.05) is 24.7 Å². The van der Waals surface area contributed by atoms with Crippen LogP contribution in [0.5, 0.6) is 11.5 Å². The van der Waals surface area contributed by atoms with E-state index in [1.54, 1.807) is 7.11 Å². The summed E-state index contributed by atoms with van der Waals surface area (Å²) in [6.45, 7) is 0.779. The number of nitrogens with zero attached hydrogens (tertiary/aromatic N) is 1. The Labute approximate surface area is 111 Å². The predicted octanol–water partition coefficient (Wildman–Crippen LogP) is 2.20. The minimum atomic E-state index is -0.0898. The fourth-order valence-corrected chi connectivity index (χ4v) is 2.67. The van der Waals surface area contributed by atoms with Crippen molar-refractivity contribution < 1.29 is 19.4 Å². The van der Waals surface area contributed by atoms with Crippen LogP contribution >= 0.6 is 0 Å². The quantitative estimate of drug-likeness (QED) is 0.656. The van der Waals surface area contributed by atoms with E-state index >= 15 is 0 Å². The molecule has 5 nitrogen and oxygen atoms in total. The number of benzene rings is 1. The maximum absolute atomic E-state index is 9.19. The SMILES string of the molecule is COc1ccc2c(c1)O[C@H]([C@H]1CCCO1)C/C2=N/O. The summed E-state index contributed by atoms with van der Waals surface area (Å²) in [6, 6.07) is 5.51. The Kier molecular flexibility index (Phi) is 3.29. The van der Waals surface area contributed by atoms with Crippen LogP contribution in [0.2, 0.25) is 0 Å². The van der Waals surface area contributed by atoms with E-state index in [0.29, 0.717) is 17.9 Å². The average Bonchev–Trinajstić information content (AvgIpc) is 2.99. The minimum Gasteiger partial charge on any atom is -0.497 e. The summed E-state index contributed by atoms with van der Waals surface area (Å²) in [5.41, 5.74) is 1.46. The lowest BCUT2D eigenvalue weighted by molar-refractivity contribution is 0.0131. The van der Waals surface area contributed by atoms with E-state index in [9.17, 15) is 5.21 Å². The number of rotatable bonds is 2. The molecule has 1 N–H and O–H groups in total. The van der Waals surface area contributed by atoms with Gasteiger partial charge in [-0.15, -0.1) is 0 Å². The van der Waals surface area contributed by atoms with Crippen LogP contribution in [0, 0.1) is 0 Å². The van der Waals surface area contributed by atoms with E-state index in [2.05, 4.69) is 5.16 Å². The number of oxime groups is 1. The van der Waals surface area contributed by atoms with Crippen LogP contribution in [0.25, 0.3) is 0 Å². The lowest BCUT2D eigenvalue weighted by Crippen LogP contribution is -2.37. The second-order valence-corrected chi connectivity index (χ2v) is 4.82. The fourth-order valence-electron chi connectivity index (χ4n) is 2.67. The van der Waals surface area contributed by atoms with Gasteiger partial charge in [0.2, 0.25) is 0 Å². The monoisotopic (exact) mass is 263 g/mol. The molecule has 0 bridgehead atoms. The zero-order chi connectivity index (χ0) is 13.2. The molecule has 2 atom stereocenters. The van der Waals surface area contributed by atoms with Crippen molar-refractivity contribution in [2.45, 2.75) is 31.5 Å². The molecule has 2 aliphatic rings. The molecule has 3 rings (SSSR count). The Bertz CT molecular complexity index is 494. The molecule has 0 aliphatic carbocycles. The van der Waals surface area contributed by atoms with Gasteiger partial charge in [-0.2, -0.15) is 0 Å². The molecule has 0 amide bonds. The topological polar surface area (TPSA) is 60.3 Å². The zero-order valence-electron chi connectivity index (χ0n) is 10.8. The standard InChI is InChI=1S/C14H17NO4/c1-17-9-4-5-10-11(15-16)8-14(19-13(10)7-9)12-3-2-6-18-12/h4-5,7,12,14,16H,2-3,6,8H2,1H3/b15-11-/t12-,14+/m1/s1. The van der Waals surface area contributed by atoms with Crippen LogP contribution in [0.1, 0.15) is 24.8 Å². The molecule has 5 heteroatoms. The third-order valence-corrected chi connectivity index (χ3v) is 3.67. The first-order valence-corrected chi connectivity index (χ1v) is 6.49. The second kappa shape index (κ2) is 5.09. The lowest BCUT2D eigenvalue weighted by Gasteiger charge is -2.30. The smallest absolute Gasteiger partial charge is 0.132 e. The van der Waals surface area contributed by atoms with Gasteiger partial charge in [-0.3, -0.25) is 0 Å². The van der Waals surface area contributed by atoms with E-state index in [0.717, 1.165) is 30.8 Å². The van der Waals surface area contributed by atoms with Crippen molar-refractivity contribution in [3.8, 4) is 11.5 Å². The van der Waals surface area contributed by atoms with Crippen molar-refractivity contribution in [1.82, 2.24) is 0 Å². The largest absolute Gasteiger partial charge is 0.497 e. The number of fused-ring (bicyclic) bond motifs is 1. The Balaban J connectivity index is 1.92. The van der Waals surface area contributed by atoms with E-state index in [1.807, 2.05) is 18.2 Å². The van der Waals surface area contributed by atoms with Crippen molar-refractivity contribution in [2.24, 2.45) is 5.16 Å². The van der Waals surface area contributed by atoms with Gasteiger partial charge < -0.3 is 19.4 Å². The molecule has 0 saturated carbocycles. The van der Waals surface area contributed by atoms with Crippen LogP contribution in [-0.2, 0) is 4.74 Å². The van der Waals surface area contributed by atoms with Gasteiger partial charge >= 0.3 is 0 Å². The zero-order valence-corrected chi connectivity index (χ0v) is 10.8. The van der Waals surface area contributed by atoms with Crippen LogP contribution < -0.4 is 9.47 Å². The number of hydrogen-bond acceptors (Lipinski definition) is 5. The van der Waals surface area contributed by atoms with Crippen molar-refractivity contribution in [3.63, 3.8) is 0 Å². The van der Waals surface area contributed by atoms with Crippen molar-refractivity contribution in [2.75, 3.05) is 13.7 Å². The van der Waals surface area contributed by atoms with Crippen molar-refractivity contribution >= 4 is 5.71 Å². The highest BCUT2D eigenvalue weighted by atomic mass is 16.5. The van der Waals surface area contributed by atoms with Gasteiger partial charge in [-0.25, -0.2) is 0 Å². The van der Waals surface area contributed by atoms with Gasteiger partial charge in [0.15, 0.2) is 0 Å². The van der Waals surface area contributed by atoms with Crippen LogP contribution in [-0.4, -0.2) is 36.8 Å². The first kappa shape index (κ1) is 12.3. The summed E-state index contributed by atoms with van der Waals surface area (Å²) in [5, 5.41) is 12.6. The number of hydrogen-bond donors (Lipinski definition) is 1. The van der Waals surface area contributed by atoms with Gasteiger partial charge in [0.25, 0.3) is 0 Å². The summed E-state index contributed by atoms with van der Waals surface area (Å²) < 4.78 is 16.9. The van der Waals surface area contributed by atoms with Gasteiger partial charge in [-0.05, 0) is 25.0 Å². The normalized spacial score (nSPS) is 27.9. The Hall–Kier alpha value is -1.75. The highest BCUT2D eigenvalue weighted by Gasteiger charge is 2.34. The molecule has 102 valence electrons. The van der Waals surface area contributed by atoms with Crippen molar-refractivity contribution in [1.29, 1.82) is 0 Å². The Morgan fingerprint density at radius 3 is 2.95 bits per heavy atom. The molecule has 0 spiro atoms. The van der Waals surface area contributed by atoms with Crippen LogP contribution in [0.4, 0.5) is 0 Å². The molecule has 1 fully saturated rings. The maximum Gasteiger partial charge on any atom is 0.132 e. The highest BCUT2D eigenvalue weighted by molar-refractivity contribution is 6.03. The maximum atomic E-state index is 9.19. The molecular weight excluding hydrogens is 246 g/mol. The molecule has 1 saturated heterocycles. The van der Waals surface area contributed by atoms with Crippen LogP contribution in [0.15, 0.2) is 23.4 Å². The summed E-state index contributed by atoms with van der Waals surface area (Å²) in [5.74, 6) is 1.42. The summed E-state index contributed by atoms with van der Waals surface area (Å²) in [6.07, 6.45) is 2.61. The Morgan fingerprint density at radius 1 is 1.37 bits per heavy atom. The molecule has 19 heavy (non-hydrogen) atoms. The molecule has 2 heterocycles. The predicted molar refractivity (Wildman–Crippen MR) is 69.3 cm³/mol. The lowest BCUT2D eigenvalue weighted by atomic mass is 9.96. The summed E-state index contributed by atoms with van der Waals surface area (Å²) in [4.78, 5) is 0. The third kappa shape index (κ3) is 2.26. The molecule has 0 radical (unpaired) electrons. The fraction of sp³-hybridized carbons (Fsp3) is 0.500. The first-order valence-electron chi connectivity index (χ1n) is 6.49. The molecule has 2 aliphatic heterocycles. The van der Waals surface area contributed by atoms with Gasteiger partial charge in [0.05, 0.1) is 18.9 Å². The minimum absolute atomic E-state index is 0.0797. The highest BCUT2D eigenvalue weighted by Crippen LogP contribution is 2.34. The third-order valence-electron chi connectivity index (χ3n) is 3.67. The molecule has 0 unspecified atom stereocenters. The van der Waals surface area contributed by atoms with Crippen molar-refractivity contribution in [3.05, 3.63) is 23.8 Å². The first-order chi connectivity index (χ1) is 9.31. The van der Waals surface area contributed by atoms with E-state index in [1.165, 1.54) is 0 Å².